The summed E-state index contributed by atoms with van der Waals surface area (Å²) in [5, 5.41) is 0. The first-order valence-electron chi connectivity index (χ1n) is 6.48. The summed E-state index contributed by atoms with van der Waals surface area (Å²) in [7, 11) is 0. The molecule has 2 N–H and O–H groups in total. The lowest BCUT2D eigenvalue weighted by molar-refractivity contribution is -0.275. The van der Waals surface area contributed by atoms with Crippen LogP contribution in [-0.2, 0) is 0 Å². The number of halogens is 6. The largest absolute Gasteiger partial charge is 0.573 e. The van der Waals surface area contributed by atoms with E-state index in [1.165, 1.54) is 18.2 Å². The normalized spacial score (nSPS) is 10.9. The summed E-state index contributed by atoms with van der Waals surface area (Å²) >= 11 is 0. The van der Waals surface area contributed by atoms with Crippen LogP contribution in [0.15, 0.2) is 36.4 Å². The lowest BCUT2D eigenvalue weighted by atomic mass is 10.0. The van der Waals surface area contributed by atoms with E-state index in [9.17, 15) is 22.0 Å². The fourth-order valence-electron chi connectivity index (χ4n) is 1.86. The molecular formula is C15H13ClF5NO2. The maximum absolute atomic E-state index is 13.3. The van der Waals surface area contributed by atoms with Crippen LogP contribution in [0.1, 0.15) is 0 Å². The molecule has 2 rings (SSSR count). The van der Waals surface area contributed by atoms with Gasteiger partial charge in [-0.3, -0.25) is 0 Å². The molecule has 3 nitrogen and oxygen atoms in total. The maximum Gasteiger partial charge on any atom is 0.573 e. The summed E-state index contributed by atoms with van der Waals surface area (Å²) in [5.74, 6) is -2.90. The van der Waals surface area contributed by atoms with Crippen LogP contribution in [0.25, 0.3) is 11.1 Å². The summed E-state index contributed by atoms with van der Waals surface area (Å²) in [6, 6.07) is 6.68. The number of hydrogen-bond acceptors (Lipinski definition) is 3. The quantitative estimate of drug-likeness (QED) is 0.800. The van der Waals surface area contributed by atoms with Gasteiger partial charge in [-0.05, 0) is 35.4 Å². The van der Waals surface area contributed by atoms with Gasteiger partial charge in [-0.25, -0.2) is 8.78 Å². The Balaban J connectivity index is 0.00000288. The molecule has 24 heavy (non-hydrogen) atoms. The Morgan fingerprint density at radius 1 is 0.875 bits per heavy atom. The molecule has 9 heteroatoms. The molecule has 0 spiro atoms. The molecule has 0 saturated heterocycles. The first-order chi connectivity index (χ1) is 10.8. The molecule has 0 saturated carbocycles. The molecule has 0 radical (unpaired) electrons. The monoisotopic (exact) mass is 369 g/mol. The van der Waals surface area contributed by atoms with Gasteiger partial charge in [-0.1, -0.05) is 12.1 Å². The smallest absolute Gasteiger partial charge is 0.488 e. The van der Waals surface area contributed by atoms with Crippen molar-refractivity contribution in [1.29, 1.82) is 0 Å². The highest BCUT2D eigenvalue weighted by Gasteiger charge is 2.32. The third-order valence-corrected chi connectivity index (χ3v) is 2.80. The minimum absolute atomic E-state index is 0. The predicted molar refractivity (Wildman–Crippen MR) is 80.3 cm³/mol. The lowest BCUT2D eigenvalue weighted by Crippen LogP contribution is -2.18. The van der Waals surface area contributed by atoms with E-state index >= 15 is 0 Å². The Kier molecular flexibility index (Phi) is 6.80. The summed E-state index contributed by atoms with van der Waals surface area (Å²) in [5.41, 5.74) is 5.65. The zero-order valence-corrected chi connectivity index (χ0v) is 12.9. The van der Waals surface area contributed by atoms with Gasteiger partial charge in [0.25, 0.3) is 0 Å². The third kappa shape index (κ3) is 5.24. The van der Waals surface area contributed by atoms with Crippen molar-refractivity contribution in [1.82, 2.24) is 0 Å². The highest BCUT2D eigenvalue weighted by molar-refractivity contribution is 5.85. The lowest BCUT2D eigenvalue weighted by Gasteiger charge is -2.15. The molecule has 0 atom stereocenters. The van der Waals surface area contributed by atoms with Gasteiger partial charge in [0.2, 0.25) is 0 Å². The molecule has 0 unspecified atom stereocenters. The van der Waals surface area contributed by atoms with Crippen molar-refractivity contribution < 1.29 is 31.4 Å². The van der Waals surface area contributed by atoms with E-state index in [0.29, 0.717) is 0 Å². The van der Waals surface area contributed by atoms with Gasteiger partial charge in [-0.15, -0.1) is 25.6 Å². The molecule has 0 bridgehead atoms. The van der Waals surface area contributed by atoms with Gasteiger partial charge in [0.05, 0.1) is 0 Å². The number of hydrogen-bond donors (Lipinski definition) is 1. The molecule has 0 aliphatic rings. The molecular weight excluding hydrogens is 357 g/mol. The van der Waals surface area contributed by atoms with Crippen LogP contribution in [0.2, 0.25) is 0 Å². The van der Waals surface area contributed by atoms with Gasteiger partial charge >= 0.3 is 6.36 Å². The van der Waals surface area contributed by atoms with Crippen molar-refractivity contribution in [3.05, 3.63) is 48.0 Å². The number of rotatable bonds is 5. The van der Waals surface area contributed by atoms with Crippen LogP contribution < -0.4 is 15.2 Å². The zero-order valence-electron chi connectivity index (χ0n) is 12.1. The molecule has 2 aromatic rings. The van der Waals surface area contributed by atoms with Crippen LogP contribution in [0.4, 0.5) is 22.0 Å². The fraction of sp³-hybridized carbons (Fsp3) is 0.200. The first-order valence-corrected chi connectivity index (χ1v) is 6.48. The summed E-state index contributed by atoms with van der Waals surface area (Å²) in [6.07, 6.45) is -4.92. The topological polar surface area (TPSA) is 44.5 Å². The van der Waals surface area contributed by atoms with Crippen molar-refractivity contribution in [3.8, 4) is 22.6 Å². The van der Waals surface area contributed by atoms with Gasteiger partial charge < -0.3 is 15.2 Å². The molecule has 0 heterocycles. The second-order valence-electron chi connectivity index (χ2n) is 4.48. The van der Waals surface area contributed by atoms with Gasteiger partial charge in [0.15, 0.2) is 23.1 Å². The fourth-order valence-corrected chi connectivity index (χ4v) is 1.86. The van der Waals surface area contributed by atoms with E-state index in [1.807, 2.05) is 0 Å². The number of benzene rings is 2. The number of ether oxygens (including phenoxy) is 2. The Morgan fingerprint density at radius 3 is 2.08 bits per heavy atom. The van der Waals surface area contributed by atoms with Gasteiger partial charge in [0.1, 0.15) is 6.61 Å². The van der Waals surface area contributed by atoms with Crippen LogP contribution >= 0.6 is 12.4 Å². The Labute approximate surface area is 140 Å². The Bertz CT molecular complexity index is 694. The van der Waals surface area contributed by atoms with Crippen molar-refractivity contribution in [2.24, 2.45) is 5.73 Å². The van der Waals surface area contributed by atoms with Crippen LogP contribution in [-0.4, -0.2) is 19.5 Å². The highest BCUT2D eigenvalue weighted by atomic mass is 35.5. The van der Waals surface area contributed by atoms with Crippen molar-refractivity contribution in [2.75, 3.05) is 13.2 Å². The van der Waals surface area contributed by atoms with E-state index in [0.717, 1.165) is 18.2 Å². The molecule has 0 aliphatic heterocycles. The Hall–Kier alpha value is -2.06. The minimum Gasteiger partial charge on any atom is -0.488 e. The van der Waals surface area contributed by atoms with Gasteiger partial charge in [0, 0.05) is 6.54 Å². The summed E-state index contributed by atoms with van der Waals surface area (Å²) < 4.78 is 72.6. The second kappa shape index (κ2) is 8.16. The number of alkyl halides is 3. The van der Waals surface area contributed by atoms with E-state index in [4.69, 9.17) is 10.5 Å². The predicted octanol–water partition coefficient (Wildman–Crippen LogP) is 4.29. The molecule has 132 valence electrons. The van der Waals surface area contributed by atoms with E-state index < -0.39 is 23.7 Å². The molecule has 2 aromatic carbocycles. The van der Waals surface area contributed by atoms with Crippen LogP contribution in [0, 0.1) is 11.6 Å². The zero-order chi connectivity index (χ0) is 17.0. The Morgan fingerprint density at radius 2 is 1.50 bits per heavy atom. The maximum atomic E-state index is 13.3. The standard InChI is InChI=1S/C15H12F5NO2.ClH/c16-11-3-1-9(7-12(11)17)10-2-4-13(22-6-5-21)14(8-10)23-15(18,19)20;/h1-4,7-8H,5-6,21H2;1H. The number of nitrogens with two attached hydrogens (primary N) is 1. The SMILES string of the molecule is Cl.NCCOc1ccc(-c2ccc(F)c(F)c2)cc1OC(F)(F)F. The van der Waals surface area contributed by atoms with Crippen LogP contribution in [0.5, 0.6) is 11.5 Å². The average molecular weight is 370 g/mol. The molecule has 0 aromatic heterocycles. The third-order valence-electron chi connectivity index (χ3n) is 2.80. The molecule has 0 aliphatic carbocycles. The summed E-state index contributed by atoms with van der Waals surface area (Å²) in [6.45, 7) is 0.106. The van der Waals surface area contributed by atoms with Crippen molar-refractivity contribution in [3.63, 3.8) is 0 Å². The van der Waals surface area contributed by atoms with E-state index in [1.54, 1.807) is 0 Å². The average Bonchev–Trinajstić information content (AvgIpc) is 2.47. The van der Waals surface area contributed by atoms with Crippen LogP contribution in [0.3, 0.4) is 0 Å². The highest BCUT2D eigenvalue weighted by Crippen LogP contribution is 2.36. The first kappa shape index (κ1) is 20.0. The minimum atomic E-state index is -4.92. The summed E-state index contributed by atoms with van der Waals surface area (Å²) in [4.78, 5) is 0. The molecule has 0 fully saturated rings. The van der Waals surface area contributed by atoms with Crippen molar-refractivity contribution in [2.45, 2.75) is 6.36 Å². The van der Waals surface area contributed by atoms with Gasteiger partial charge in [-0.2, -0.15) is 0 Å². The van der Waals surface area contributed by atoms with E-state index in [-0.39, 0.29) is 42.4 Å². The molecule has 0 amide bonds. The van der Waals surface area contributed by atoms with E-state index in [2.05, 4.69) is 4.74 Å². The van der Waals surface area contributed by atoms with Crippen molar-refractivity contribution >= 4 is 12.4 Å². The second-order valence-corrected chi connectivity index (χ2v) is 4.48.